The second-order valence-corrected chi connectivity index (χ2v) is 8.56. The van der Waals surface area contributed by atoms with E-state index in [0.29, 0.717) is 0 Å². The third kappa shape index (κ3) is 1.48. The molecule has 0 saturated carbocycles. The van der Waals surface area contributed by atoms with E-state index in [4.69, 9.17) is 0 Å². The fraction of sp³-hybridized carbons (Fsp3) is 0.0800. The molecule has 3 aliphatic heterocycles. The molecule has 0 bridgehead atoms. The highest BCUT2D eigenvalue weighted by atomic mass is 15.2. The Labute approximate surface area is 168 Å². The lowest BCUT2D eigenvalue weighted by atomic mass is 9.60. The van der Waals surface area contributed by atoms with Crippen LogP contribution in [0.15, 0.2) is 72.9 Å². The summed E-state index contributed by atoms with van der Waals surface area (Å²) in [4.78, 5) is 2.57. The number of para-hydroxylation sites is 2. The van der Waals surface area contributed by atoms with Crippen molar-refractivity contribution in [3.63, 3.8) is 0 Å². The predicted molar refractivity (Wildman–Crippen MR) is 118 cm³/mol. The van der Waals surface area contributed by atoms with E-state index in [-0.39, 0.29) is 6.98 Å². The van der Waals surface area contributed by atoms with Gasteiger partial charge >= 0.3 is 6.98 Å². The molecule has 5 heterocycles. The summed E-state index contributed by atoms with van der Waals surface area (Å²) in [6.45, 7) is 3.35. The maximum atomic E-state index is 2.57. The zero-order chi connectivity index (χ0) is 18.9. The lowest BCUT2D eigenvalue weighted by Crippen LogP contribution is -2.53. The molecule has 0 spiro atoms. The molecule has 8 rings (SSSR count). The van der Waals surface area contributed by atoms with Crippen molar-refractivity contribution in [3.8, 4) is 11.3 Å². The molecule has 3 aromatic carbocycles. The van der Waals surface area contributed by atoms with Gasteiger partial charge in [-0.25, -0.2) is 0 Å². The van der Waals surface area contributed by atoms with Crippen LogP contribution in [0.2, 0.25) is 0 Å². The monoisotopic (exact) mass is 370 g/mol. The second-order valence-electron chi connectivity index (χ2n) is 8.56. The zero-order valence-corrected chi connectivity index (χ0v) is 16.1. The molecule has 0 N–H and O–H groups in total. The number of benzene rings is 3. The van der Waals surface area contributed by atoms with Crippen LogP contribution >= 0.6 is 0 Å². The Morgan fingerprint density at radius 2 is 1.76 bits per heavy atom. The zero-order valence-electron chi connectivity index (χ0n) is 16.1. The van der Waals surface area contributed by atoms with E-state index < -0.39 is 0 Å². The Hall–Kier alpha value is -3.53. The number of nitrogens with zero attached hydrogens (tertiary/aromatic N) is 3. The van der Waals surface area contributed by atoms with Gasteiger partial charge in [-0.1, -0.05) is 48.5 Å². The van der Waals surface area contributed by atoms with Gasteiger partial charge in [-0.05, 0) is 30.6 Å². The van der Waals surface area contributed by atoms with Crippen molar-refractivity contribution in [2.75, 3.05) is 4.81 Å². The van der Waals surface area contributed by atoms with Crippen molar-refractivity contribution >= 4 is 45.6 Å². The fourth-order valence-corrected chi connectivity index (χ4v) is 6.07. The Balaban J connectivity index is 1.61. The van der Waals surface area contributed by atoms with Crippen LogP contribution in [0.3, 0.4) is 0 Å². The molecule has 3 aliphatic rings. The highest BCUT2D eigenvalue weighted by molar-refractivity contribution is 6.82. The van der Waals surface area contributed by atoms with Gasteiger partial charge in [0.25, 0.3) is 0 Å². The molecule has 29 heavy (non-hydrogen) atoms. The fourth-order valence-electron chi connectivity index (χ4n) is 6.07. The van der Waals surface area contributed by atoms with Crippen molar-refractivity contribution in [3.05, 3.63) is 84.1 Å². The normalized spacial score (nSPS) is 14.8. The van der Waals surface area contributed by atoms with E-state index in [1.165, 1.54) is 61.0 Å². The van der Waals surface area contributed by atoms with Crippen LogP contribution in [-0.2, 0) is 6.54 Å². The topological polar surface area (TPSA) is 12.1 Å². The molecule has 134 valence electrons. The molecule has 0 aliphatic carbocycles. The molecule has 0 atom stereocenters. The minimum Gasteiger partial charge on any atom is -0.359 e. The number of anilines is 2. The Bertz CT molecular complexity index is 1560. The second kappa shape index (κ2) is 4.55. The molecule has 0 amide bonds. The Kier molecular flexibility index (Phi) is 2.27. The molecule has 0 unspecified atom stereocenters. The Morgan fingerprint density at radius 3 is 2.72 bits per heavy atom. The molecule has 0 radical (unpaired) electrons. The van der Waals surface area contributed by atoms with Crippen LogP contribution in [0.5, 0.6) is 0 Å². The lowest BCUT2D eigenvalue weighted by Gasteiger charge is -2.31. The van der Waals surface area contributed by atoms with Crippen LogP contribution in [-0.4, -0.2) is 11.5 Å². The van der Waals surface area contributed by atoms with Gasteiger partial charge in [0.15, 0.2) is 12.7 Å². The minimum atomic E-state index is 0.172. The van der Waals surface area contributed by atoms with Gasteiger partial charge < -0.3 is 9.29 Å². The third-order valence-corrected chi connectivity index (χ3v) is 7.01. The summed E-state index contributed by atoms with van der Waals surface area (Å²) in [6, 6.07) is 24.9. The number of rotatable bonds is 0. The SMILES string of the molecule is Cc1cc2c3[n+](c1)Cc1cccc(c1-3)B1N2c2cccc3c4ccccc4n1c23. The van der Waals surface area contributed by atoms with Crippen molar-refractivity contribution in [1.29, 1.82) is 0 Å². The Morgan fingerprint density at radius 1 is 0.897 bits per heavy atom. The predicted octanol–water partition coefficient (Wildman–Crippen LogP) is 4.13. The van der Waals surface area contributed by atoms with Crippen molar-refractivity contribution in [2.24, 2.45) is 0 Å². The molecule has 4 heteroatoms. The van der Waals surface area contributed by atoms with Crippen molar-refractivity contribution in [2.45, 2.75) is 13.5 Å². The lowest BCUT2D eigenvalue weighted by molar-refractivity contribution is -0.671. The smallest absolute Gasteiger partial charge is 0.359 e. The minimum absolute atomic E-state index is 0.172. The first-order valence-corrected chi connectivity index (χ1v) is 10.3. The van der Waals surface area contributed by atoms with E-state index in [1.807, 2.05) is 0 Å². The van der Waals surface area contributed by atoms with E-state index in [2.05, 4.69) is 93.7 Å². The van der Waals surface area contributed by atoms with Gasteiger partial charge in [0.2, 0.25) is 5.69 Å². The van der Waals surface area contributed by atoms with Crippen LogP contribution in [0.1, 0.15) is 11.1 Å². The number of pyridine rings is 1. The average Bonchev–Trinajstić information content (AvgIpc) is 3.39. The summed E-state index contributed by atoms with van der Waals surface area (Å²) in [5.41, 5.74) is 12.3. The molecule has 0 saturated heterocycles. The van der Waals surface area contributed by atoms with Gasteiger partial charge in [0.05, 0.1) is 16.8 Å². The summed E-state index contributed by atoms with van der Waals surface area (Å²) in [5.74, 6) is 0. The van der Waals surface area contributed by atoms with Gasteiger partial charge in [0, 0.05) is 27.4 Å². The van der Waals surface area contributed by atoms with Crippen LogP contribution in [0, 0.1) is 6.92 Å². The summed E-state index contributed by atoms with van der Waals surface area (Å²) in [5, 5.41) is 2.70. The summed E-state index contributed by atoms with van der Waals surface area (Å²) < 4.78 is 5.02. The largest absolute Gasteiger partial charge is 0.421 e. The molecule has 5 aromatic rings. The summed E-state index contributed by atoms with van der Waals surface area (Å²) in [6.07, 6.45) is 2.30. The first-order valence-electron chi connectivity index (χ1n) is 10.3. The number of hydrogen-bond donors (Lipinski definition) is 0. The maximum absolute atomic E-state index is 2.57. The van der Waals surface area contributed by atoms with Gasteiger partial charge in [0.1, 0.15) is 5.69 Å². The van der Waals surface area contributed by atoms with Crippen LogP contribution in [0.25, 0.3) is 33.1 Å². The van der Waals surface area contributed by atoms with Crippen LogP contribution < -0.4 is 14.8 Å². The molecule has 2 aromatic heterocycles. The number of aromatic nitrogens is 2. The quantitative estimate of drug-likeness (QED) is 0.289. The van der Waals surface area contributed by atoms with Crippen molar-refractivity contribution in [1.82, 2.24) is 4.48 Å². The highest BCUT2D eigenvalue weighted by Gasteiger charge is 2.50. The number of hydrogen-bond acceptors (Lipinski definition) is 1. The molecular weight excluding hydrogens is 353 g/mol. The van der Waals surface area contributed by atoms with E-state index in [9.17, 15) is 0 Å². The molecule has 0 fully saturated rings. The van der Waals surface area contributed by atoms with Gasteiger partial charge in [-0.2, -0.15) is 4.57 Å². The number of aryl methyl sites for hydroxylation is 1. The summed E-state index contributed by atoms with van der Waals surface area (Å²) in [7, 11) is 0. The standard InChI is InChI=1S/C25H17BN3/c1-15-12-22-25-23-16(14-27(25)13-15)6-4-9-19(23)26-28(22)21-11-5-8-18-17-7-2-3-10-20(17)29(26)24(18)21/h2-13H,14H2,1H3/q+1. The highest BCUT2D eigenvalue weighted by Crippen LogP contribution is 2.49. The first-order chi connectivity index (χ1) is 14.3. The first kappa shape index (κ1) is 14.5. The summed E-state index contributed by atoms with van der Waals surface area (Å²) >= 11 is 0. The molecular formula is C25H17BN3+. The van der Waals surface area contributed by atoms with Crippen LogP contribution in [0.4, 0.5) is 11.4 Å². The third-order valence-electron chi connectivity index (χ3n) is 7.01. The van der Waals surface area contributed by atoms with E-state index >= 15 is 0 Å². The number of fused-ring (bicyclic) bond motifs is 8. The van der Waals surface area contributed by atoms with Crippen molar-refractivity contribution < 1.29 is 4.57 Å². The average molecular weight is 370 g/mol. The van der Waals surface area contributed by atoms with Gasteiger partial charge in [-0.15, -0.1) is 0 Å². The van der Waals surface area contributed by atoms with E-state index in [0.717, 1.165) is 6.54 Å². The molecule has 3 nitrogen and oxygen atoms in total. The maximum Gasteiger partial charge on any atom is 0.421 e. The van der Waals surface area contributed by atoms with Gasteiger partial charge in [-0.3, -0.25) is 0 Å². The van der Waals surface area contributed by atoms with E-state index in [1.54, 1.807) is 0 Å².